The quantitative estimate of drug-likeness (QED) is 0.797. The Morgan fingerprint density at radius 2 is 2.21 bits per heavy atom. The molecule has 0 aromatic carbocycles. The van der Waals surface area contributed by atoms with Crippen LogP contribution in [0.1, 0.15) is 28.6 Å². The lowest BCUT2D eigenvalue weighted by Crippen LogP contribution is -2.29. The molecular weight excluding hydrogens is 314 g/mol. The van der Waals surface area contributed by atoms with E-state index in [1.54, 1.807) is 11.3 Å². The largest absolute Gasteiger partial charge is 0.304 e. The van der Waals surface area contributed by atoms with Gasteiger partial charge in [-0.05, 0) is 42.7 Å². The first-order chi connectivity index (χ1) is 9.22. The maximum absolute atomic E-state index is 6.09. The molecular formula is C14H16ClNS3. The van der Waals surface area contributed by atoms with Gasteiger partial charge in [-0.3, -0.25) is 0 Å². The highest BCUT2D eigenvalue weighted by Crippen LogP contribution is 2.47. The van der Waals surface area contributed by atoms with E-state index in [0.717, 1.165) is 10.9 Å². The van der Waals surface area contributed by atoms with Crippen molar-refractivity contribution in [3.05, 3.63) is 43.7 Å². The van der Waals surface area contributed by atoms with Gasteiger partial charge < -0.3 is 5.32 Å². The molecule has 2 aromatic rings. The number of thioether (sulfide) groups is 1. The Bertz CT molecular complexity index is 531. The molecule has 102 valence electrons. The highest BCUT2D eigenvalue weighted by Gasteiger charge is 2.42. The maximum Gasteiger partial charge on any atom is 0.0931 e. The molecule has 0 saturated heterocycles. The number of nitrogens with one attached hydrogen (secondary N) is 1. The summed E-state index contributed by atoms with van der Waals surface area (Å²) < 4.78 is 1.35. The molecule has 1 unspecified atom stereocenters. The molecule has 0 aliphatic heterocycles. The Morgan fingerprint density at radius 3 is 2.74 bits per heavy atom. The van der Waals surface area contributed by atoms with Crippen LogP contribution in [-0.2, 0) is 0 Å². The first-order valence-corrected chi connectivity index (χ1v) is 9.59. The predicted octanol–water partition coefficient (Wildman–Crippen LogP) is 5.04. The first-order valence-electron chi connectivity index (χ1n) is 6.30. The standard InChI is InChI=1S/C14H16ClNS3/c1-17-14(6-7-14)9-16-13(10-3-2-8-18-10)11-4-5-12(15)19-11/h2-5,8,13,16H,6-7,9H2,1H3. The zero-order valence-electron chi connectivity index (χ0n) is 10.7. The van der Waals surface area contributed by atoms with Gasteiger partial charge in [0.05, 0.1) is 10.4 Å². The van der Waals surface area contributed by atoms with Crippen LogP contribution < -0.4 is 5.32 Å². The van der Waals surface area contributed by atoms with Gasteiger partial charge in [-0.1, -0.05) is 17.7 Å². The molecule has 1 nitrogen and oxygen atoms in total. The van der Waals surface area contributed by atoms with E-state index in [1.807, 2.05) is 29.2 Å². The zero-order valence-corrected chi connectivity index (χ0v) is 13.9. The van der Waals surface area contributed by atoms with Crippen LogP contribution in [0, 0.1) is 0 Å². The summed E-state index contributed by atoms with van der Waals surface area (Å²) in [5.74, 6) is 0. The summed E-state index contributed by atoms with van der Waals surface area (Å²) >= 11 is 11.6. The van der Waals surface area contributed by atoms with Crippen molar-refractivity contribution in [3.63, 3.8) is 0 Å². The second-order valence-corrected chi connectivity index (χ2v) is 8.86. The lowest BCUT2D eigenvalue weighted by atomic mass is 10.2. The molecule has 19 heavy (non-hydrogen) atoms. The van der Waals surface area contributed by atoms with E-state index < -0.39 is 0 Å². The maximum atomic E-state index is 6.09. The molecule has 5 heteroatoms. The van der Waals surface area contributed by atoms with E-state index in [-0.39, 0.29) is 0 Å². The molecule has 1 fully saturated rings. The molecule has 1 saturated carbocycles. The number of rotatable bonds is 6. The van der Waals surface area contributed by atoms with Crippen LogP contribution in [0.4, 0.5) is 0 Å². The van der Waals surface area contributed by atoms with E-state index in [1.165, 1.54) is 22.6 Å². The molecule has 1 N–H and O–H groups in total. The number of halogens is 1. The molecule has 3 rings (SSSR count). The van der Waals surface area contributed by atoms with Gasteiger partial charge in [-0.25, -0.2) is 0 Å². The van der Waals surface area contributed by atoms with Crippen molar-refractivity contribution >= 4 is 46.0 Å². The summed E-state index contributed by atoms with van der Waals surface area (Å²) in [7, 11) is 0. The van der Waals surface area contributed by atoms with Crippen LogP contribution in [0.15, 0.2) is 29.6 Å². The fourth-order valence-corrected chi connectivity index (χ4v) is 4.95. The van der Waals surface area contributed by atoms with E-state index >= 15 is 0 Å². The van der Waals surface area contributed by atoms with Gasteiger partial charge >= 0.3 is 0 Å². The minimum Gasteiger partial charge on any atom is -0.304 e. The Hall–Kier alpha value is -0.0000000000000000278. The third-order valence-electron chi connectivity index (χ3n) is 3.58. The summed E-state index contributed by atoms with van der Waals surface area (Å²) in [4.78, 5) is 2.68. The van der Waals surface area contributed by atoms with Crippen molar-refractivity contribution in [2.75, 3.05) is 12.8 Å². The van der Waals surface area contributed by atoms with Crippen LogP contribution in [-0.4, -0.2) is 17.5 Å². The Kier molecular flexibility index (Phi) is 4.25. The number of thiophene rings is 2. The lowest BCUT2D eigenvalue weighted by molar-refractivity contribution is 0.604. The molecule has 1 aliphatic rings. The Labute approximate surface area is 131 Å². The van der Waals surface area contributed by atoms with Gasteiger partial charge in [-0.2, -0.15) is 11.8 Å². The van der Waals surface area contributed by atoms with Gasteiger partial charge in [0.1, 0.15) is 0 Å². The number of hydrogen-bond donors (Lipinski definition) is 1. The van der Waals surface area contributed by atoms with Crippen molar-refractivity contribution in [2.45, 2.75) is 23.6 Å². The molecule has 1 atom stereocenters. The lowest BCUT2D eigenvalue weighted by Gasteiger charge is -2.20. The SMILES string of the molecule is CSC1(CNC(c2cccs2)c2ccc(Cl)s2)CC1. The molecule has 1 aliphatic carbocycles. The Morgan fingerprint density at radius 1 is 1.37 bits per heavy atom. The Balaban J connectivity index is 1.77. The van der Waals surface area contributed by atoms with Crippen molar-refractivity contribution in [1.29, 1.82) is 0 Å². The van der Waals surface area contributed by atoms with Gasteiger partial charge in [0.25, 0.3) is 0 Å². The van der Waals surface area contributed by atoms with Crippen molar-refractivity contribution in [2.24, 2.45) is 0 Å². The third kappa shape index (κ3) is 3.19. The molecule has 0 bridgehead atoms. The highest BCUT2D eigenvalue weighted by molar-refractivity contribution is 8.00. The average Bonchev–Trinajstić information content (AvgIpc) is 2.80. The highest BCUT2D eigenvalue weighted by atomic mass is 35.5. The molecule has 0 radical (unpaired) electrons. The monoisotopic (exact) mass is 329 g/mol. The molecule has 0 spiro atoms. The van der Waals surface area contributed by atoms with Crippen LogP contribution >= 0.6 is 46.0 Å². The van der Waals surface area contributed by atoms with Crippen molar-refractivity contribution < 1.29 is 0 Å². The van der Waals surface area contributed by atoms with E-state index in [0.29, 0.717) is 10.8 Å². The van der Waals surface area contributed by atoms with Crippen molar-refractivity contribution in [1.82, 2.24) is 5.32 Å². The second-order valence-electron chi connectivity index (χ2n) is 4.86. The summed E-state index contributed by atoms with van der Waals surface area (Å²) in [5.41, 5.74) is 0. The first kappa shape index (κ1) is 14.0. The van der Waals surface area contributed by atoms with Crippen LogP contribution in [0.25, 0.3) is 0 Å². The summed E-state index contributed by atoms with van der Waals surface area (Å²) in [6.07, 6.45) is 4.89. The van der Waals surface area contributed by atoms with Gasteiger partial charge in [0.15, 0.2) is 0 Å². The zero-order chi connectivity index (χ0) is 13.3. The van der Waals surface area contributed by atoms with Crippen LogP contribution in [0.2, 0.25) is 4.34 Å². The van der Waals surface area contributed by atoms with Gasteiger partial charge in [-0.15, -0.1) is 22.7 Å². The molecule has 2 aromatic heterocycles. The van der Waals surface area contributed by atoms with Crippen molar-refractivity contribution in [3.8, 4) is 0 Å². The summed E-state index contributed by atoms with van der Waals surface area (Å²) in [6.45, 7) is 1.08. The van der Waals surface area contributed by atoms with E-state index in [9.17, 15) is 0 Å². The van der Waals surface area contributed by atoms with Gasteiger partial charge in [0.2, 0.25) is 0 Å². The summed E-state index contributed by atoms with van der Waals surface area (Å²) in [6, 6.07) is 8.75. The molecule has 2 heterocycles. The number of hydrogen-bond acceptors (Lipinski definition) is 4. The smallest absolute Gasteiger partial charge is 0.0931 e. The van der Waals surface area contributed by atoms with Crippen LogP contribution in [0.5, 0.6) is 0 Å². The minimum atomic E-state index is 0.294. The average molecular weight is 330 g/mol. The van der Waals surface area contributed by atoms with E-state index in [2.05, 4.69) is 35.2 Å². The fraction of sp³-hybridized carbons (Fsp3) is 0.429. The van der Waals surface area contributed by atoms with Crippen LogP contribution in [0.3, 0.4) is 0 Å². The summed E-state index contributed by atoms with van der Waals surface area (Å²) in [5, 5.41) is 5.89. The fourth-order valence-electron chi connectivity index (χ4n) is 2.16. The minimum absolute atomic E-state index is 0.294. The van der Waals surface area contributed by atoms with E-state index in [4.69, 9.17) is 11.6 Å². The second kappa shape index (κ2) is 5.78. The van der Waals surface area contributed by atoms with Gasteiger partial charge in [0, 0.05) is 21.0 Å². The third-order valence-corrected chi connectivity index (χ3v) is 7.23. The predicted molar refractivity (Wildman–Crippen MR) is 89.0 cm³/mol. The normalized spacial score (nSPS) is 18.4. The topological polar surface area (TPSA) is 12.0 Å². The molecule has 0 amide bonds.